The van der Waals surface area contributed by atoms with Gasteiger partial charge in [0.2, 0.25) is 6.29 Å². The molecule has 2 aliphatic rings. The molecule has 2 heterocycles. The normalized spacial score (nSPS) is 41.2. The first-order chi connectivity index (χ1) is 14.8. The lowest BCUT2D eigenvalue weighted by molar-refractivity contribution is -0.304. The van der Waals surface area contributed by atoms with Gasteiger partial charge in [0, 0.05) is 0 Å². The fraction of sp³-hybridized carbons (Fsp3) is 0.684. The molecule has 0 spiro atoms. The zero-order valence-electron chi connectivity index (χ0n) is 16.4. The quantitative estimate of drug-likeness (QED) is 0.203. The van der Waals surface area contributed by atoms with Gasteiger partial charge >= 0.3 is 0 Å². The van der Waals surface area contributed by atoms with Crippen molar-refractivity contribution in [3.63, 3.8) is 0 Å². The molecule has 1 aromatic rings. The van der Waals surface area contributed by atoms with E-state index in [2.05, 4.69) is 0 Å². The Kier molecular flexibility index (Phi) is 8.18. The van der Waals surface area contributed by atoms with Crippen LogP contribution in [0.2, 0.25) is 0 Å². The smallest absolute Gasteiger partial charge is 0.229 e. The summed E-state index contributed by atoms with van der Waals surface area (Å²) >= 11 is 0. The van der Waals surface area contributed by atoms with Gasteiger partial charge in [0.1, 0.15) is 54.6 Å². The Bertz CT molecular complexity index is 683. The molecule has 2 saturated heterocycles. The Hall–Kier alpha value is -1.42. The molecule has 0 saturated carbocycles. The van der Waals surface area contributed by atoms with Gasteiger partial charge in [-0.3, -0.25) is 0 Å². The van der Waals surface area contributed by atoms with Crippen LogP contribution >= 0.6 is 0 Å². The molecule has 12 nitrogen and oxygen atoms in total. The SMILES string of the molecule is OCC1O[C@@H](OCc2ccc(O[C@@H]3OC(CO)[C@H](O)[C@H](O)C3O)cc2)C(O)[C@@H](O)[C@@H]1O. The summed E-state index contributed by atoms with van der Waals surface area (Å²) in [7, 11) is 0. The molecule has 176 valence electrons. The molecule has 4 unspecified atom stereocenters. The van der Waals surface area contributed by atoms with E-state index in [9.17, 15) is 40.9 Å². The Morgan fingerprint density at radius 2 is 1.13 bits per heavy atom. The van der Waals surface area contributed by atoms with Crippen molar-refractivity contribution in [3.05, 3.63) is 29.8 Å². The molecular weight excluding hydrogens is 420 g/mol. The van der Waals surface area contributed by atoms with E-state index < -0.39 is 74.6 Å². The highest BCUT2D eigenvalue weighted by atomic mass is 16.7. The third kappa shape index (κ3) is 5.32. The van der Waals surface area contributed by atoms with E-state index in [0.29, 0.717) is 5.56 Å². The zero-order valence-corrected chi connectivity index (χ0v) is 16.4. The third-order valence-electron chi connectivity index (χ3n) is 5.29. The van der Waals surface area contributed by atoms with Crippen LogP contribution in [0, 0.1) is 0 Å². The first kappa shape index (κ1) is 24.2. The topological polar surface area (TPSA) is 199 Å². The van der Waals surface area contributed by atoms with Crippen LogP contribution in [0.4, 0.5) is 0 Å². The molecule has 8 N–H and O–H groups in total. The van der Waals surface area contributed by atoms with Crippen molar-refractivity contribution >= 4 is 0 Å². The van der Waals surface area contributed by atoms with Gasteiger partial charge < -0.3 is 59.8 Å². The molecule has 3 rings (SSSR count). The summed E-state index contributed by atoms with van der Waals surface area (Å²) in [6.07, 6.45) is -13.8. The van der Waals surface area contributed by atoms with Gasteiger partial charge in [-0.05, 0) is 17.7 Å². The van der Waals surface area contributed by atoms with Crippen molar-refractivity contribution in [2.24, 2.45) is 0 Å². The fourth-order valence-corrected chi connectivity index (χ4v) is 3.35. The van der Waals surface area contributed by atoms with E-state index in [-0.39, 0.29) is 12.4 Å². The van der Waals surface area contributed by atoms with Crippen molar-refractivity contribution in [2.75, 3.05) is 13.2 Å². The van der Waals surface area contributed by atoms with Crippen molar-refractivity contribution in [3.8, 4) is 5.75 Å². The molecule has 0 radical (unpaired) electrons. The minimum Gasteiger partial charge on any atom is -0.462 e. The average molecular weight is 448 g/mol. The van der Waals surface area contributed by atoms with E-state index in [1.807, 2.05) is 0 Å². The van der Waals surface area contributed by atoms with E-state index in [1.165, 1.54) is 12.1 Å². The van der Waals surface area contributed by atoms with Gasteiger partial charge in [0.05, 0.1) is 19.8 Å². The van der Waals surface area contributed by atoms with Crippen LogP contribution in [-0.2, 0) is 20.8 Å². The number of aliphatic hydroxyl groups excluding tert-OH is 8. The molecule has 10 atom stereocenters. The molecule has 31 heavy (non-hydrogen) atoms. The second-order valence-corrected chi connectivity index (χ2v) is 7.47. The summed E-state index contributed by atoms with van der Waals surface area (Å²) in [5.74, 6) is 0.265. The maximum Gasteiger partial charge on any atom is 0.229 e. The van der Waals surface area contributed by atoms with Crippen LogP contribution in [0.25, 0.3) is 0 Å². The summed E-state index contributed by atoms with van der Waals surface area (Å²) in [6, 6.07) is 6.24. The first-order valence-corrected chi connectivity index (χ1v) is 9.75. The van der Waals surface area contributed by atoms with Crippen molar-refractivity contribution in [2.45, 2.75) is 68.0 Å². The van der Waals surface area contributed by atoms with Gasteiger partial charge in [0.25, 0.3) is 0 Å². The highest BCUT2D eigenvalue weighted by Gasteiger charge is 2.45. The van der Waals surface area contributed by atoms with Crippen LogP contribution in [0.15, 0.2) is 24.3 Å². The van der Waals surface area contributed by atoms with Gasteiger partial charge in [0.15, 0.2) is 6.29 Å². The maximum absolute atomic E-state index is 10.0. The molecule has 0 amide bonds. The minimum absolute atomic E-state index is 0.0387. The van der Waals surface area contributed by atoms with Gasteiger partial charge in [-0.2, -0.15) is 0 Å². The van der Waals surface area contributed by atoms with E-state index in [1.54, 1.807) is 12.1 Å². The number of hydrogen-bond donors (Lipinski definition) is 8. The van der Waals surface area contributed by atoms with E-state index >= 15 is 0 Å². The standard InChI is InChI=1S/C19H28O12/c20-5-10-12(22)14(24)16(26)18(30-10)28-7-8-1-3-9(4-2-8)29-19-17(27)15(25)13(23)11(6-21)31-19/h1-4,10-27H,5-7H2/t10?,11?,12-,13+,14+,15+,16?,17?,18-,19-/m1/s1. The summed E-state index contributed by atoms with van der Waals surface area (Å²) in [6.45, 7) is -1.17. The Morgan fingerprint density at radius 3 is 1.65 bits per heavy atom. The van der Waals surface area contributed by atoms with Crippen molar-refractivity contribution < 1.29 is 59.8 Å². The number of rotatable bonds is 7. The third-order valence-corrected chi connectivity index (χ3v) is 5.29. The van der Waals surface area contributed by atoms with Crippen molar-refractivity contribution in [1.29, 1.82) is 0 Å². The number of benzene rings is 1. The van der Waals surface area contributed by atoms with Gasteiger partial charge in [-0.1, -0.05) is 12.1 Å². The highest BCUT2D eigenvalue weighted by Crippen LogP contribution is 2.26. The number of aliphatic hydroxyl groups is 8. The Labute approximate surface area is 177 Å². The second-order valence-electron chi connectivity index (χ2n) is 7.47. The van der Waals surface area contributed by atoms with E-state index in [4.69, 9.17) is 18.9 Å². The fourth-order valence-electron chi connectivity index (χ4n) is 3.35. The number of ether oxygens (including phenoxy) is 4. The van der Waals surface area contributed by atoms with Gasteiger partial charge in [-0.25, -0.2) is 0 Å². The molecular formula is C19H28O12. The number of hydrogen-bond acceptors (Lipinski definition) is 12. The molecule has 0 aliphatic carbocycles. The molecule has 1 aromatic carbocycles. The summed E-state index contributed by atoms with van der Waals surface area (Å²) in [4.78, 5) is 0. The summed E-state index contributed by atoms with van der Waals surface area (Å²) in [5.41, 5.74) is 0.623. The predicted molar refractivity (Wildman–Crippen MR) is 99.4 cm³/mol. The second kappa shape index (κ2) is 10.5. The molecule has 12 heteroatoms. The van der Waals surface area contributed by atoms with Crippen LogP contribution in [0.1, 0.15) is 5.56 Å². The average Bonchev–Trinajstić information content (AvgIpc) is 2.78. The molecule has 0 aromatic heterocycles. The summed E-state index contributed by atoms with van der Waals surface area (Å²) in [5, 5.41) is 77.6. The van der Waals surface area contributed by atoms with Crippen LogP contribution in [0.5, 0.6) is 5.75 Å². The predicted octanol–water partition coefficient (Wildman–Crippen LogP) is -3.82. The van der Waals surface area contributed by atoms with Crippen molar-refractivity contribution in [1.82, 2.24) is 0 Å². The lowest BCUT2D eigenvalue weighted by atomic mass is 9.99. The monoisotopic (exact) mass is 448 g/mol. The molecule has 2 aliphatic heterocycles. The molecule has 2 fully saturated rings. The van der Waals surface area contributed by atoms with Crippen LogP contribution in [-0.4, -0.2) is 115 Å². The maximum atomic E-state index is 10.0. The lowest BCUT2D eigenvalue weighted by Gasteiger charge is -2.39. The molecule has 0 bridgehead atoms. The Morgan fingerprint density at radius 1 is 0.645 bits per heavy atom. The van der Waals surface area contributed by atoms with Crippen LogP contribution in [0.3, 0.4) is 0 Å². The summed E-state index contributed by atoms with van der Waals surface area (Å²) < 4.78 is 21.5. The lowest BCUT2D eigenvalue weighted by Crippen LogP contribution is -2.60. The van der Waals surface area contributed by atoms with Crippen LogP contribution < -0.4 is 4.74 Å². The zero-order chi connectivity index (χ0) is 22.7. The largest absolute Gasteiger partial charge is 0.462 e. The van der Waals surface area contributed by atoms with E-state index in [0.717, 1.165) is 0 Å². The first-order valence-electron chi connectivity index (χ1n) is 9.75. The highest BCUT2D eigenvalue weighted by molar-refractivity contribution is 5.27. The Balaban J connectivity index is 1.56. The minimum atomic E-state index is -1.55. The van der Waals surface area contributed by atoms with Gasteiger partial charge in [-0.15, -0.1) is 0 Å².